The lowest BCUT2D eigenvalue weighted by atomic mass is 10.2. The number of sulfonamides is 1. The van der Waals surface area contributed by atoms with Crippen molar-refractivity contribution < 1.29 is 13.2 Å². The highest BCUT2D eigenvalue weighted by molar-refractivity contribution is 7.89. The molecule has 0 saturated carbocycles. The lowest BCUT2D eigenvalue weighted by molar-refractivity contribution is -0.124. The van der Waals surface area contributed by atoms with Crippen LogP contribution in [0, 0.1) is 0 Å². The first-order valence-corrected chi connectivity index (χ1v) is 7.61. The number of hydrogen-bond acceptors (Lipinski definition) is 4. The fraction of sp³-hybridized carbons (Fsp3) is 0.900. The Balaban J connectivity index is 0.00000289. The first kappa shape index (κ1) is 17.6. The van der Waals surface area contributed by atoms with E-state index in [0.29, 0.717) is 32.5 Å². The largest absolute Gasteiger partial charge is 0.353 e. The van der Waals surface area contributed by atoms with Gasteiger partial charge >= 0.3 is 0 Å². The van der Waals surface area contributed by atoms with Gasteiger partial charge in [-0.1, -0.05) is 6.92 Å². The Morgan fingerprint density at radius 3 is 2.72 bits per heavy atom. The SMILES string of the molecule is CCCS(=O)(=O)N1CCCC1C(=O)NCCN.Cl. The number of hydrogen-bond donors (Lipinski definition) is 2. The molecule has 1 saturated heterocycles. The Morgan fingerprint density at radius 2 is 2.17 bits per heavy atom. The van der Waals surface area contributed by atoms with Crippen LogP contribution in [0.2, 0.25) is 0 Å². The van der Waals surface area contributed by atoms with Crippen molar-refractivity contribution in [2.45, 2.75) is 32.2 Å². The van der Waals surface area contributed by atoms with Crippen molar-refractivity contribution >= 4 is 28.3 Å². The molecule has 0 spiro atoms. The molecule has 0 aliphatic carbocycles. The van der Waals surface area contributed by atoms with E-state index in [2.05, 4.69) is 5.32 Å². The van der Waals surface area contributed by atoms with Crippen LogP contribution in [0.15, 0.2) is 0 Å². The summed E-state index contributed by atoms with van der Waals surface area (Å²) >= 11 is 0. The lowest BCUT2D eigenvalue weighted by Gasteiger charge is -2.23. The minimum atomic E-state index is -3.29. The summed E-state index contributed by atoms with van der Waals surface area (Å²) in [6.07, 6.45) is 1.90. The first-order valence-electron chi connectivity index (χ1n) is 6.00. The Labute approximate surface area is 115 Å². The van der Waals surface area contributed by atoms with Crippen LogP contribution in [0.3, 0.4) is 0 Å². The molecule has 1 amide bonds. The second-order valence-electron chi connectivity index (χ2n) is 4.16. The minimum Gasteiger partial charge on any atom is -0.353 e. The Kier molecular flexibility index (Phi) is 7.77. The molecule has 1 aliphatic heterocycles. The molecule has 108 valence electrons. The molecule has 1 aliphatic rings. The van der Waals surface area contributed by atoms with Crippen LogP contribution >= 0.6 is 12.4 Å². The van der Waals surface area contributed by atoms with Gasteiger partial charge in [0, 0.05) is 19.6 Å². The van der Waals surface area contributed by atoms with Crippen molar-refractivity contribution in [1.29, 1.82) is 0 Å². The van der Waals surface area contributed by atoms with Gasteiger partial charge in [-0.25, -0.2) is 8.42 Å². The van der Waals surface area contributed by atoms with E-state index in [4.69, 9.17) is 5.73 Å². The molecule has 8 heteroatoms. The second-order valence-corrected chi connectivity index (χ2v) is 6.21. The van der Waals surface area contributed by atoms with E-state index in [1.165, 1.54) is 4.31 Å². The number of rotatable bonds is 6. The van der Waals surface area contributed by atoms with Crippen LogP contribution < -0.4 is 11.1 Å². The van der Waals surface area contributed by atoms with Gasteiger partial charge in [-0.05, 0) is 19.3 Å². The Morgan fingerprint density at radius 1 is 1.50 bits per heavy atom. The smallest absolute Gasteiger partial charge is 0.238 e. The normalized spacial score (nSPS) is 20.4. The van der Waals surface area contributed by atoms with E-state index in [1.807, 2.05) is 6.92 Å². The minimum absolute atomic E-state index is 0. The van der Waals surface area contributed by atoms with Gasteiger partial charge in [0.1, 0.15) is 6.04 Å². The molecule has 1 rings (SSSR count). The summed E-state index contributed by atoms with van der Waals surface area (Å²) in [6.45, 7) is 3.01. The molecule has 18 heavy (non-hydrogen) atoms. The van der Waals surface area contributed by atoms with Crippen LogP contribution in [-0.4, -0.2) is 50.1 Å². The average molecular weight is 300 g/mol. The van der Waals surface area contributed by atoms with E-state index in [-0.39, 0.29) is 24.1 Å². The van der Waals surface area contributed by atoms with Crippen LogP contribution in [0.1, 0.15) is 26.2 Å². The quantitative estimate of drug-likeness (QED) is 0.703. The second kappa shape index (κ2) is 7.93. The summed E-state index contributed by atoms with van der Waals surface area (Å²) in [4.78, 5) is 11.8. The van der Waals surface area contributed by atoms with Crippen LogP contribution in [0.5, 0.6) is 0 Å². The topological polar surface area (TPSA) is 92.5 Å². The van der Waals surface area contributed by atoms with Gasteiger partial charge in [-0.3, -0.25) is 4.79 Å². The third kappa shape index (κ3) is 4.38. The zero-order chi connectivity index (χ0) is 12.9. The molecule has 0 aromatic carbocycles. The van der Waals surface area contributed by atoms with Gasteiger partial charge in [-0.2, -0.15) is 4.31 Å². The molecule has 6 nitrogen and oxygen atoms in total. The van der Waals surface area contributed by atoms with Gasteiger partial charge in [0.2, 0.25) is 15.9 Å². The van der Waals surface area contributed by atoms with Crippen LogP contribution in [0.4, 0.5) is 0 Å². The predicted octanol–water partition coefficient (Wildman–Crippen LogP) is -0.313. The Bertz CT molecular complexity index is 361. The zero-order valence-electron chi connectivity index (χ0n) is 10.6. The van der Waals surface area contributed by atoms with E-state index >= 15 is 0 Å². The highest BCUT2D eigenvalue weighted by Crippen LogP contribution is 2.21. The fourth-order valence-electron chi connectivity index (χ4n) is 2.02. The van der Waals surface area contributed by atoms with Crippen molar-refractivity contribution in [2.24, 2.45) is 5.73 Å². The van der Waals surface area contributed by atoms with Crippen molar-refractivity contribution in [3.05, 3.63) is 0 Å². The van der Waals surface area contributed by atoms with Gasteiger partial charge in [0.05, 0.1) is 5.75 Å². The monoisotopic (exact) mass is 299 g/mol. The zero-order valence-corrected chi connectivity index (χ0v) is 12.2. The van der Waals surface area contributed by atoms with Crippen molar-refractivity contribution in [2.75, 3.05) is 25.4 Å². The maximum atomic E-state index is 11.9. The number of halogens is 1. The third-order valence-electron chi connectivity index (χ3n) is 2.77. The molecule has 0 aromatic rings. The van der Waals surface area contributed by atoms with Crippen LogP contribution in [0.25, 0.3) is 0 Å². The van der Waals surface area contributed by atoms with E-state index in [1.54, 1.807) is 0 Å². The van der Waals surface area contributed by atoms with E-state index in [9.17, 15) is 13.2 Å². The average Bonchev–Trinajstić information content (AvgIpc) is 2.75. The standard InChI is InChI=1S/C10H21N3O3S.ClH/c1-2-8-17(15,16)13-7-3-4-9(13)10(14)12-6-5-11;/h9H,2-8,11H2,1H3,(H,12,14);1H. The van der Waals surface area contributed by atoms with Gasteiger partial charge in [-0.15, -0.1) is 12.4 Å². The first-order chi connectivity index (χ1) is 8.03. The van der Waals surface area contributed by atoms with Gasteiger partial charge in [0.15, 0.2) is 0 Å². The number of carbonyl (C=O) groups is 1. The van der Waals surface area contributed by atoms with Gasteiger partial charge < -0.3 is 11.1 Å². The number of nitrogens with one attached hydrogen (secondary N) is 1. The van der Waals surface area contributed by atoms with E-state index in [0.717, 1.165) is 6.42 Å². The molecule has 1 fully saturated rings. The highest BCUT2D eigenvalue weighted by Gasteiger charge is 2.37. The maximum Gasteiger partial charge on any atom is 0.238 e. The van der Waals surface area contributed by atoms with Crippen LogP contribution in [-0.2, 0) is 14.8 Å². The fourth-order valence-corrected chi connectivity index (χ4v) is 3.77. The molecule has 3 N–H and O–H groups in total. The summed E-state index contributed by atoms with van der Waals surface area (Å²) in [5, 5.41) is 2.65. The number of carbonyl (C=O) groups excluding carboxylic acids is 1. The maximum absolute atomic E-state index is 11.9. The molecule has 0 aromatic heterocycles. The molecule has 0 bridgehead atoms. The molecule has 0 radical (unpaired) electrons. The lowest BCUT2D eigenvalue weighted by Crippen LogP contribution is -2.47. The number of nitrogens with two attached hydrogens (primary N) is 1. The van der Waals surface area contributed by atoms with E-state index < -0.39 is 16.1 Å². The Hall–Kier alpha value is -0.370. The molecular formula is C10H22ClN3O3S. The number of nitrogens with zero attached hydrogens (tertiary/aromatic N) is 1. The molecular weight excluding hydrogens is 278 g/mol. The van der Waals surface area contributed by atoms with Crippen molar-refractivity contribution in [3.8, 4) is 0 Å². The summed E-state index contributed by atoms with van der Waals surface area (Å²) < 4.78 is 25.2. The molecule has 1 heterocycles. The summed E-state index contributed by atoms with van der Waals surface area (Å²) in [6, 6.07) is -0.543. The molecule has 1 unspecified atom stereocenters. The van der Waals surface area contributed by atoms with Gasteiger partial charge in [0.25, 0.3) is 0 Å². The number of amides is 1. The predicted molar refractivity (Wildman–Crippen MR) is 73.1 cm³/mol. The summed E-state index contributed by atoms with van der Waals surface area (Å²) in [5.41, 5.74) is 5.30. The van der Waals surface area contributed by atoms with Crippen molar-refractivity contribution in [3.63, 3.8) is 0 Å². The molecule has 1 atom stereocenters. The summed E-state index contributed by atoms with van der Waals surface area (Å²) in [7, 11) is -3.29. The summed E-state index contributed by atoms with van der Waals surface area (Å²) in [5.74, 6) is -0.124. The third-order valence-corrected chi connectivity index (χ3v) is 4.85. The highest BCUT2D eigenvalue weighted by atomic mass is 35.5. The van der Waals surface area contributed by atoms with Crippen molar-refractivity contribution in [1.82, 2.24) is 9.62 Å².